The molecule has 1 fully saturated rings. The van der Waals surface area contributed by atoms with Crippen LogP contribution in [0.5, 0.6) is 0 Å². The summed E-state index contributed by atoms with van der Waals surface area (Å²) in [5.74, 6) is 1.85. The van der Waals surface area contributed by atoms with Crippen LogP contribution >= 0.6 is 0 Å². The van der Waals surface area contributed by atoms with Crippen LogP contribution in [0.3, 0.4) is 0 Å². The molecule has 1 unspecified atom stereocenters. The van der Waals surface area contributed by atoms with E-state index in [0.29, 0.717) is 0 Å². The van der Waals surface area contributed by atoms with Crippen molar-refractivity contribution in [2.45, 2.75) is 38.5 Å². The molecular weight excluding hydrogens is 134 g/mol. The highest BCUT2D eigenvalue weighted by molar-refractivity contribution is 5.61. The summed E-state index contributed by atoms with van der Waals surface area (Å²) < 4.78 is 0. The highest BCUT2D eigenvalue weighted by atomic mass is 14.7. The summed E-state index contributed by atoms with van der Waals surface area (Å²) in [5.41, 5.74) is 0. The van der Waals surface area contributed by atoms with Crippen LogP contribution in [0, 0.1) is 11.8 Å². The molecule has 2 rings (SSSR count). The Morgan fingerprint density at radius 3 is 2.45 bits per heavy atom. The zero-order valence-electron chi connectivity index (χ0n) is 7.13. The van der Waals surface area contributed by atoms with Gasteiger partial charge in [0.1, 0.15) is 0 Å². The second-order valence-electron chi connectivity index (χ2n) is 3.91. The van der Waals surface area contributed by atoms with Crippen molar-refractivity contribution in [3.8, 4) is 0 Å². The van der Waals surface area contributed by atoms with Crippen molar-refractivity contribution in [3.05, 3.63) is 0 Å². The van der Waals surface area contributed by atoms with Crippen LogP contribution in [-0.4, -0.2) is 12.8 Å². The molecule has 0 aromatic heterocycles. The van der Waals surface area contributed by atoms with Gasteiger partial charge in [-0.25, -0.2) is 0 Å². The molecule has 0 radical (unpaired) electrons. The highest BCUT2D eigenvalue weighted by Gasteiger charge is 2.24. The Labute approximate surface area is 68.9 Å². The smallest absolute Gasteiger partial charge is 0.0385 e. The van der Waals surface area contributed by atoms with Gasteiger partial charge in [-0.15, -0.1) is 0 Å². The van der Waals surface area contributed by atoms with Crippen molar-refractivity contribution >= 4 is 6.21 Å². The van der Waals surface area contributed by atoms with E-state index in [1.165, 1.54) is 38.5 Å². The van der Waals surface area contributed by atoms with Crippen LogP contribution in [0.15, 0.2) is 4.99 Å². The standard InChI is InChI=1S/C10H17N/c1-2-5-9(4-1)10-6-3-7-11-8-10/h8-10H,1-7H2. The second-order valence-corrected chi connectivity index (χ2v) is 3.91. The third-order valence-electron chi connectivity index (χ3n) is 3.13. The number of hydrogen-bond acceptors (Lipinski definition) is 1. The molecule has 0 N–H and O–H groups in total. The summed E-state index contributed by atoms with van der Waals surface area (Å²) in [7, 11) is 0. The normalized spacial score (nSPS) is 32.9. The largest absolute Gasteiger partial charge is 0.297 e. The predicted octanol–water partition coefficient (Wildman–Crippen LogP) is 2.66. The van der Waals surface area contributed by atoms with E-state index in [4.69, 9.17) is 0 Å². The molecule has 1 nitrogen and oxygen atoms in total. The van der Waals surface area contributed by atoms with Crippen molar-refractivity contribution in [2.24, 2.45) is 16.8 Å². The van der Waals surface area contributed by atoms with E-state index in [9.17, 15) is 0 Å². The molecule has 1 heteroatoms. The minimum atomic E-state index is 0.853. The molecule has 0 saturated heterocycles. The van der Waals surface area contributed by atoms with Gasteiger partial charge in [0.05, 0.1) is 0 Å². The lowest BCUT2D eigenvalue weighted by Gasteiger charge is -2.21. The molecular formula is C10H17N. The van der Waals surface area contributed by atoms with Crippen molar-refractivity contribution in [1.82, 2.24) is 0 Å². The molecule has 0 amide bonds. The fraction of sp³-hybridized carbons (Fsp3) is 0.900. The molecule has 11 heavy (non-hydrogen) atoms. The quantitative estimate of drug-likeness (QED) is 0.546. The number of rotatable bonds is 1. The minimum absolute atomic E-state index is 0.853. The van der Waals surface area contributed by atoms with E-state index in [1.807, 2.05) is 0 Å². The fourth-order valence-corrected chi connectivity index (χ4v) is 2.45. The number of hydrogen-bond donors (Lipinski definition) is 0. The lowest BCUT2D eigenvalue weighted by atomic mass is 9.87. The summed E-state index contributed by atoms with van der Waals surface area (Å²) in [4.78, 5) is 4.38. The Morgan fingerprint density at radius 2 is 1.82 bits per heavy atom. The molecule has 1 atom stereocenters. The first-order valence-corrected chi connectivity index (χ1v) is 4.97. The minimum Gasteiger partial charge on any atom is -0.297 e. The third kappa shape index (κ3) is 1.63. The van der Waals surface area contributed by atoms with Gasteiger partial charge < -0.3 is 0 Å². The Bertz CT molecular complexity index is 145. The lowest BCUT2D eigenvalue weighted by Crippen LogP contribution is -2.16. The van der Waals surface area contributed by atoms with Crippen LogP contribution < -0.4 is 0 Å². The molecule has 1 saturated carbocycles. The van der Waals surface area contributed by atoms with E-state index < -0.39 is 0 Å². The zero-order chi connectivity index (χ0) is 7.52. The molecule has 1 heterocycles. The lowest BCUT2D eigenvalue weighted by molar-refractivity contribution is 0.395. The van der Waals surface area contributed by atoms with Crippen LogP contribution in [0.1, 0.15) is 38.5 Å². The SMILES string of the molecule is C1=NCCCC1C1CCCC1. The van der Waals surface area contributed by atoms with Crippen LogP contribution in [0.4, 0.5) is 0 Å². The van der Waals surface area contributed by atoms with E-state index in [-0.39, 0.29) is 0 Å². The second kappa shape index (κ2) is 3.38. The molecule has 0 spiro atoms. The first-order chi connectivity index (χ1) is 5.47. The van der Waals surface area contributed by atoms with Gasteiger partial charge in [-0.3, -0.25) is 4.99 Å². The molecule has 62 valence electrons. The van der Waals surface area contributed by atoms with Crippen molar-refractivity contribution in [2.75, 3.05) is 6.54 Å². The molecule has 0 aromatic rings. The Morgan fingerprint density at radius 1 is 1.00 bits per heavy atom. The molecule has 1 aliphatic heterocycles. The average molecular weight is 151 g/mol. The van der Waals surface area contributed by atoms with Crippen molar-refractivity contribution < 1.29 is 0 Å². The van der Waals surface area contributed by atoms with Gasteiger partial charge in [0, 0.05) is 12.8 Å². The summed E-state index contributed by atoms with van der Waals surface area (Å²) in [6, 6.07) is 0. The Kier molecular flexibility index (Phi) is 2.25. The van der Waals surface area contributed by atoms with Gasteiger partial charge >= 0.3 is 0 Å². The van der Waals surface area contributed by atoms with Crippen LogP contribution in [-0.2, 0) is 0 Å². The Balaban J connectivity index is 1.91. The summed E-state index contributed by atoms with van der Waals surface area (Å²) >= 11 is 0. The van der Waals surface area contributed by atoms with Gasteiger partial charge in [-0.05, 0) is 37.5 Å². The summed E-state index contributed by atoms with van der Waals surface area (Å²) in [6.07, 6.45) is 10.8. The van der Waals surface area contributed by atoms with E-state index >= 15 is 0 Å². The highest BCUT2D eigenvalue weighted by Crippen LogP contribution is 2.33. The topological polar surface area (TPSA) is 12.4 Å². The maximum absolute atomic E-state index is 4.38. The van der Waals surface area contributed by atoms with Gasteiger partial charge in [-0.1, -0.05) is 12.8 Å². The number of nitrogens with zero attached hydrogens (tertiary/aromatic N) is 1. The average Bonchev–Trinajstić information content (AvgIpc) is 2.58. The Hall–Kier alpha value is -0.330. The van der Waals surface area contributed by atoms with Gasteiger partial charge in [0.15, 0.2) is 0 Å². The van der Waals surface area contributed by atoms with E-state index in [2.05, 4.69) is 11.2 Å². The van der Waals surface area contributed by atoms with Crippen LogP contribution in [0.25, 0.3) is 0 Å². The maximum atomic E-state index is 4.38. The first kappa shape index (κ1) is 7.33. The summed E-state index contributed by atoms with van der Waals surface area (Å²) in [6.45, 7) is 1.09. The molecule has 2 aliphatic rings. The summed E-state index contributed by atoms with van der Waals surface area (Å²) in [5, 5.41) is 0. The maximum Gasteiger partial charge on any atom is 0.0385 e. The number of aliphatic imine (C=N–C) groups is 1. The monoisotopic (exact) mass is 151 g/mol. The fourth-order valence-electron chi connectivity index (χ4n) is 2.45. The van der Waals surface area contributed by atoms with Gasteiger partial charge in [-0.2, -0.15) is 0 Å². The molecule has 1 aliphatic carbocycles. The van der Waals surface area contributed by atoms with Gasteiger partial charge in [0.25, 0.3) is 0 Å². The third-order valence-corrected chi connectivity index (χ3v) is 3.13. The predicted molar refractivity (Wildman–Crippen MR) is 48.0 cm³/mol. The first-order valence-electron chi connectivity index (χ1n) is 4.97. The van der Waals surface area contributed by atoms with Crippen LogP contribution in [0.2, 0.25) is 0 Å². The molecule has 0 aromatic carbocycles. The van der Waals surface area contributed by atoms with Crippen molar-refractivity contribution in [3.63, 3.8) is 0 Å². The van der Waals surface area contributed by atoms with E-state index in [0.717, 1.165) is 18.4 Å². The van der Waals surface area contributed by atoms with E-state index in [1.54, 1.807) is 0 Å². The van der Waals surface area contributed by atoms with Gasteiger partial charge in [0.2, 0.25) is 0 Å². The van der Waals surface area contributed by atoms with Crippen molar-refractivity contribution in [1.29, 1.82) is 0 Å². The molecule has 0 bridgehead atoms. The zero-order valence-corrected chi connectivity index (χ0v) is 7.13.